The molecule has 2 amide bonds. The first-order chi connectivity index (χ1) is 16.1. The van der Waals surface area contributed by atoms with Crippen molar-refractivity contribution in [2.24, 2.45) is 0 Å². The van der Waals surface area contributed by atoms with Gasteiger partial charge in [0, 0.05) is 34.8 Å². The third kappa shape index (κ3) is 4.37. The molecule has 5 rings (SSSR count). The van der Waals surface area contributed by atoms with E-state index < -0.39 is 0 Å². The van der Waals surface area contributed by atoms with Crippen LogP contribution in [0.1, 0.15) is 17.3 Å². The number of carbonyl (C=O) groups is 2. The van der Waals surface area contributed by atoms with Crippen molar-refractivity contribution >= 4 is 45.0 Å². The van der Waals surface area contributed by atoms with Gasteiger partial charge in [-0.1, -0.05) is 24.3 Å². The first kappa shape index (κ1) is 20.6. The summed E-state index contributed by atoms with van der Waals surface area (Å²) in [7, 11) is 0. The van der Waals surface area contributed by atoms with Crippen LogP contribution in [0.3, 0.4) is 0 Å². The molecule has 0 radical (unpaired) electrons. The average molecular weight is 454 g/mol. The number of imidazole rings is 1. The molecule has 3 aromatic carbocycles. The van der Waals surface area contributed by atoms with Gasteiger partial charge in [0.15, 0.2) is 5.13 Å². The van der Waals surface area contributed by atoms with Crippen LogP contribution in [0.25, 0.3) is 28.0 Å². The van der Waals surface area contributed by atoms with Gasteiger partial charge in [-0.05, 0) is 48.5 Å². The van der Waals surface area contributed by atoms with E-state index in [1.807, 2.05) is 70.6 Å². The van der Waals surface area contributed by atoms with Gasteiger partial charge in [-0.3, -0.25) is 19.5 Å². The normalized spacial score (nSPS) is 10.8. The van der Waals surface area contributed by atoms with E-state index in [-0.39, 0.29) is 11.8 Å². The zero-order valence-electron chi connectivity index (χ0n) is 17.6. The average Bonchev–Trinajstić information content (AvgIpc) is 3.47. The Bertz CT molecular complexity index is 1450. The molecule has 0 saturated carbocycles. The van der Waals surface area contributed by atoms with Crippen LogP contribution < -0.4 is 10.6 Å². The molecule has 0 aliphatic rings. The van der Waals surface area contributed by atoms with E-state index in [1.165, 1.54) is 18.3 Å². The lowest BCUT2D eigenvalue weighted by Gasteiger charge is -2.06. The molecule has 5 aromatic rings. The van der Waals surface area contributed by atoms with Crippen molar-refractivity contribution in [3.05, 3.63) is 90.1 Å². The van der Waals surface area contributed by atoms with Crippen molar-refractivity contribution in [1.82, 2.24) is 14.5 Å². The molecule has 2 N–H and O–H groups in total. The van der Waals surface area contributed by atoms with Gasteiger partial charge < -0.3 is 5.32 Å². The van der Waals surface area contributed by atoms with Crippen molar-refractivity contribution in [3.63, 3.8) is 0 Å². The van der Waals surface area contributed by atoms with Gasteiger partial charge in [0.25, 0.3) is 5.91 Å². The molecule has 0 aliphatic heterocycles. The van der Waals surface area contributed by atoms with Crippen molar-refractivity contribution in [3.8, 4) is 16.9 Å². The number of amides is 2. The SMILES string of the molecule is CC(=O)Nc1ccc(-c2csc(NC(=O)c3ccc(-n4cnc5ccccc54)cc3)n2)cc1. The van der Waals surface area contributed by atoms with Gasteiger partial charge >= 0.3 is 0 Å². The number of rotatable bonds is 5. The maximum absolute atomic E-state index is 12.7. The van der Waals surface area contributed by atoms with E-state index in [2.05, 4.69) is 20.6 Å². The van der Waals surface area contributed by atoms with Crippen LogP contribution in [0.15, 0.2) is 84.5 Å². The van der Waals surface area contributed by atoms with Crippen LogP contribution in [0.5, 0.6) is 0 Å². The number of hydrogen-bond acceptors (Lipinski definition) is 5. The lowest BCUT2D eigenvalue weighted by Crippen LogP contribution is -2.11. The van der Waals surface area contributed by atoms with Crippen LogP contribution in [0, 0.1) is 0 Å². The molecule has 0 saturated heterocycles. The predicted molar refractivity (Wildman–Crippen MR) is 131 cm³/mol. The Kier molecular flexibility index (Phi) is 5.42. The fourth-order valence-corrected chi connectivity index (χ4v) is 4.21. The highest BCUT2D eigenvalue weighted by atomic mass is 32.1. The van der Waals surface area contributed by atoms with Crippen LogP contribution >= 0.6 is 11.3 Å². The number of benzene rings is 3. The highest BCUT2D eigenvalue weighted by molar-refractivity contribution is 7.14. The Labute approximate surface area is 193 Å². The molecule has 0 atom stereocenters. The first-order valence-corrected chi connectivity index (χ1v) is 11.1. The molecular weight excluding hydrogens is 434 g/mol. The third-order valence-corrected chi connectivity index (χ3v) is 5.84. The molecule has 8 heteroatoms. The number of para-hydroxylation sites is 2. The summed E-state index contributed by atoms with van der Waals surface area (Å²) in [6, 6.07) is 22.7. The summed E-state index contributed by atoms with van der Waals surface area (Å²) < 4.78 is 1.99. The van der Waals surface area contributed by atoms with Gasteiger partial charge in [-0.2, -0.15) is 0 Å². The van der Waals surface area contributed by atoms with Crippen LogP contribution in [-0.2, 0) is 4.79 Å². The minimum atomic E-state index is -0.223. The van der Waals surface area contributed by atoms with Gasteiger partial charge in [0.2, 0.25) is 5.91 Å². The van der Waals surface area contributed by atoms with E-state index in [0.29, 0.717) is 10.7 Å². The largest absolute Gasteiger partial charge is 0.326 e. The molecule has 0 unspecified atom stereocenters. The predicted octanol–water partition coefficient (Wildman–Crippen LogP) is 5.36. The standard InChI is InChI=1S/C25H19N5O2S/c1-16(31)27-19-10-6-17(7-11-19)22-14-33-25(28-22)29-24(32)18-8-12-20(13-9-18)30-15-26-21-4-2-3-5-23(21)30/h2-15H,1H3,(H,27,31)(H,28,29,32). The van der Waals surface area contributed by atoms with Crippen LogP contribution in [-0.4, -0.2) is 26.3 Å². The van der Waals surface area contributed by atoms with Gasteiger partial charge in [-0.25, -0.2) is 9.97 Å². The maximum atomic E-state index is 12.7. The number of fused-ring (bicyclic) bond motifs is 1. The van der Waals surface area contributed by atoms with E-state index >= 15 is 0 Å². The number of nitrogens with one attached hydrogen (secondary N) is 2. The van der Waals surface area contributed by atoms with Crippen LogP contribution in [0.2, 0.25) is 0 Å². The highest BCUT2D eigenvalue weighted by Crippen LogP contribution is 2.26. The summed E-state index contributed by atoms with van der Waals surface area (Å²) in [5.74, 6) is -0.341. The van der Waals surface area contributed by atoms with Crippen molar-refractivity contribution in [2.45, 2.75) is 6.92 Å². The monoisotopic (exact) mass is 453 g/mol. The van der Waals surface area contributed by atoms with Crippen LogP contribution in [0.4, 0.5) is 10.8 Å². The number of thiazole rings is 1. The topological polar surface area (TPSA) is 88.9 Å². The summed E-state index contributed by atoms with van der Waals surface area (Å²) in [5, 5.41) is 8.00. The number of carbonyl (C=O) groups excluding carboxylic acids is 2. The Morgan fingerprint density at radius 2 is 1.67 bits per heavy atom. The molecule has 2 heterocycles. The Morgan fingerprint density at radius 1 is 0.909 bits per heavy atom. The summed E-state index contributed by atoms with van der Waals surface area (Å²) in [5.41, 5.74) is 5.78. The van der Waals surface area contributed by atoms with Gasteiger partial charge in [0.1, 0.15) is 6.33 Å². The number of nitrogens with zero attached hydrogens (tertiary/aromatic N) is 3. The number of anilines is 2. The second-order valence-corrected chi connectivity index (χ2v) is 8.26. The molecule has 0 spiro atoms. The maximum Gasteiger partial charge on any atom is 0.257 e. The zero-order chi connectivity index (χ0) is 22.8. The summed E-state index contributed by atoms with van der Waals surface area (Å²) in [4.78, 5) is 32.8. The quantitative estimate of drug-likeness (QED) is 0.375. The second-order valence-electron chi connectivity index (χ2n) is 7.40. The summed E-state index contributed by atoms with van der Waals surface area (Å²) in [6.07, 6.45) is 1.78. The lowest BCUT2D eigenvalue weighted by molar-refractivity contribution is -0.114. The Morgan fingerprint density at radius 3 is 2.42 bits per heavy atom. The molecule has 0 bridgehead atoms. The molecule has 2 aromatic heterocycles. The lowest BCUT2D eigenvalue weighted by atomic mass is 10.1. The summed E-state index contributed by atoms with van der Waals surface area (Å²) in [6.45, 7) is 1.47. The third-order valence-electron chi connectivity index (χ3n) is 5.09. The Balaban J connectivity index is 1.28. The zero-order valence-corrected chi connectivity index (χ0v) is 18.5. The van der Waals surface area contributed by atoms with E-state index in [1.54, 1.807) is 18.5 Å². The van der Waals surface area contributed by atoms with E-state index in [0.717, 1.165) is 33.7 Å². The van der Waals surface area contributed by atoms with Crippen molar-refractivity contribution in [1.29, 1.82) is 0 Å². The molecule has 162 valence electrons. The van der Waals surface area contributed by atoms with Crippen molar-refractivity contribution in [2.75, 3.05) is 10.6 Å². The minimum Gasteiger partial charge on any atom is -0.326 e. The van der Waals surface area contributed by atoms with Crippen molar-refractivity contribution < 1.29 is 9.59 Å². The number of hydrogen-bond donors (Lipinski definition) is 2. The smallest absolute Gasteiger partial charge is 0.257 e. The molecule has 0 fully saturated rings. The Hall–Kier alpha value is -4.30. The molecular formula is C25H19N5O2S. The van der Waals surface area contributed by atoms with Gasteiger partial charge in [0.05, 0.1) is 16.7 Å². The number of aromatic nitrogens is 3. The summed E-state index contributed by atoms with van der Waals surface area (Å²) >= 11 is 1.36. The van der Waals surface area contributed by atoms with Gasteiger partial charge in [-0.15, -0.1) is 11.3 Å². The highest BCUT2D eigenvalue weighted by Gasteiger charge is 2.11. The minimum absolute atomic E-state index is 0.118. The van der Waals surface area contributed by atoms with E-state index in [4.69, 9.17) is 0 Å². The van der Waals surface area contributed by atoms with E-state index in [9.17, 15) is 9.59 Å². The fraction of sp³-hybridized carbons (Fsp3) is 0.0400. The molecule has 7 nitrogen and oxygen atoms in total. The second kappa shape index (κ2) is 8.68. The molecule has 0 aliphatic carbocycles. The first-order valence-electron chi connectivity index (χ1n) is 10.2. The molecule has 33 heavy (non-hydrogen) atoms. The fourth-order valence-electron chi connectivity index (χ4n) is 3.50.